The molecule has 1 N–H and O–H groups in total. The van der Waals surface area contributed by atoms with Gasteiger partial charge in [0.25, 0.3) is 5.91 Å². The Bertz CT molecular complexity index is 1110. The third-order valence-corrected chi connectivity index (χ3v) is 6.47. The third kappa shape index (κ3) is 5.94. The Kier molecular flexibility index (Phi) is 7.80. The standard InChI is InChI=1S/C28H33N3O3/c1-20-5-4-6-25(30-20)28(32)29-18-21-7-10-23(11-8-21)24-13-15-31(16-14-24)19-22-9-12-26(33-2)27(17-22)34-3/h4-12,17,24H,13-16,18-19H2,1-3H3,(H,29,32). The Labute approximate surface area is 201 Å². The lowest BCUT2D eigenvalue weighted by atomic mass is 9.89. The minimum Gasteiger partial charge on any atom is -0.493 e. The molecule has 1 fully saturated rings. The maximum atomic E-state index is 12.3. The van der Waals surface area contributed by atoms with Crippen molar-refractivity contribution in [1.82, 2.24) is 15.2 Å². The molecule has 0 atom stereocenters. The quantitative estimate of drug-likeness (QED) is 0.528. The molecule has 6 heteroatoms. The SMILES string of the molecule is COc1ccc(CN2CCC(c3ccc(CNC(=O)c4cccc(C)n4)cc3)CC2)cc1OC. The van der Waals surface area contributed by atoms with Gasteiger partial charge < -0.3 is 14.8 Å². The summed E-state index contributed by atoms with van der Waals surface area (Å²) in [5.74, 6) is 1.97. The van der Waals surface area contributed by atoms with Gasteiger partial charge >= 0.3 is 0 Å². The average molecular weight is 460 g/mol. The predicted octanol–water partition coefficient (Wildman–Crippen LogP) is 4.72. The van der Waals surface area contributed by atoms with E-state index in [9.17, 15) is 4.79 Å². The van der Waals surface area contributed by atoms with Crippen LogP contribution in [0.15, 0.2) is 60.7 Å². The molecule has 0 saturated carbocycles. The number of benzene rings is 2. The first-order valence-corrected chi connectivity index (χ1v) is 11.8. The number of amides is 1. The number of aromatic nitrogens is 1. The number of piperidine rings is 1. The summed E-state index contributed by atoms with van der Waals surface area (Å²) >= 11 is 0. The van der Waals surface area contributed by atoms with Gasteiger partial charge in [-0.25, -0.2) is 4.98 Å². The summed E-state index contributed by atoms with van der Waals surface area (Å²) in [4.78, 5) is 19.1. The normalized spacial score (nSPS) is 14.6. The van der Waals surface area contributed by atoms with Gasteiger partial charge in [-0.15, -0.1) is 0 Å². The molecular weight excluding hydrogens is 426 g/mol. The Morgan fingerprint density at radius 2 is 1.68 bits per heavy atom. The van der Waals surface area contributed by atoms with Crippen LogP contribution in [0.1, 0.15) is 51.6 Å². The van der Waals surface area contributed by atoms with Crippen LogP contribution in [-0.2, 0) is 13.1 Å². The lowest BCUT2D eigenvalue weighted by molar-refractivity contribution is 0.0945. The fourth-order valence-corrected chi connectivity index (χ4v) is 4.51. The number of ether oxygens (including phenoxy) is 2. The minimum atomic E-state index is -0.144. The van der Waals surface area contributed by atoms with Crippen LogP contribution in [0.5, 0.6) is 11.5 Å². The molecule has 2 heterocycles. The smallest absolute Gasteiger partial charge is 0.270 e. The van der Waals surface area contributed by atoms with Crippen LogP contribution >= 0.6 is 0 Å². The van der Waals surface area contributed by atoms with E-state index < -0.39 is 0 Å². The van der Waals surface area contributed by atoms with Gasteiger partial charge in [0.05, 0.1) is 14.2 Å². The van der Waals surface area contributed by atoms with Gasteiger partial charge in [0.2, 0.25) is 0 Å². The summed E-state index contributed by atoms with van der Waals surface area (Å²) in [5.41, 5.74) is 5.00. The number of nitrogens with zero attached hydrogens (tertiary/aromatic N) is 2. The van der Waals surface area contributed by atoms with Crippen molar-refractivity contribution in [3.63, 3.8) is 0 Å². The summed E-state index contributed by atoms with van der Waals surface area (Å²) < 4.78 is 10.8. The topological polar surface area (TPSA) is 63.7 Å². The molecule has 3 aromatic rings. The lowest BCUT2D eigenvalue weighted by Gasteiger charge is -2.32. The van der Waals surface area contributed by atoms with Crippen LogP contribution < -0.4 is 14.8 Å². The van der Waals surface area contributed by atoms with Crippen LogP contribution in [0.25, 0.3) is 0 Å². The van der Waals surface area contributed by atoms with Crippen molar-refractivity contribution in [2.45, 2.75) is 38.8 Å². The molecule has 178 valence electrons. The van der Waals surface area contributed by atoms with Gasteiger partial charge in [0, 0.05) is 18.8 Å². The zero-order valence-electron chi connectivity index (χ0n) is 20.2. The largest absolute Gasteiger partial charge is 0.493 e. The van der Waals surface area contributed by atoms with Crippen molar-refractivity contribution in [1.29, 1.82) is 0 Å². The second kappa shape index (κ2) is 11.2. The van der Waals surface area contributed by atoms with Crippen LogP contribution in [0.3, 0.4) is 0 Å². The molecule has 2 aromatic carbocycles. The number of aryl methyl sites for hydroxylation is 1. The molecule has 0 radical (unpaired) electrons. The van der Waals surface area contributed by atoms with E-state index in [1.807, 2.05) is 25.1 Å². The maximum absolute atomic E-state index is 12.3. The van der Waals surface area contributed by atoms with Gasteiger partial charge in [-0.3, -0.25) is 9.69 Å². The number of nitrogens with one attached hydrogen (secondary N) is 1. The molecule has 0 unspecified atom stereocenters. The lowest BCUT2D eigenvalue weighted by Crippen LogP contribution is -2.32. The first kappa shape index (κ1) is 23.8. The van der Waals surface area contributed by atoms with E-state index in [2.05, 4.69) is 51.6 Å². The summed E-state index contributed by atoms with van der Waals surface area (Å²) in [6.07, 6.45) is 2.28. The Morgan fingerprint density at radius 1 is 0.971 bits per heavy atom. The minimum absolute atomic E-state index is 0.144. The number of carbonyl (C=O) groups is 1. The van der Waals surface area contributed by atoms with Crippen LogP contribution in [0.4, 0.5) is 0 Å². The van der Waals surface area contributed by atoms with Crippen molar-refractivity contribution in [3.8, 4) is 11.5 Å². The van der Waals surface area contributed by atoms with Gasteiger partial charge in [-0.1, -0.05) is 36.4 Å². The van der Waals surface area contributed by atoms with Crippen molar-refractivity contribution >= 4 is 5.91 Å². The highest BCUT2D eigenvalue weighted by atomic mass is 16.5. The molecular formula is C28H33N3O3. The molecule has 0 aliphatic carbocycles. The molecule has 34 heavy (non-hydrogen) atoms. The first-order valence-electron chi connectivity index (χ1n) is 11.8. The van der Waals surface area contributed by atoms with Crippen LogP contribution in [-0.4, -0.2) is 43.1 Å². The summed E-state index contributed by atoms with van der Waals surface area (Å²) in [6, 6.07) is 20.3. The number of hydrogen-bond acceptors (Lipinski definition) is 5. The maximum Gasteiger partial charge on any atom is 0.270 e. The summed E-state index contributed by atoms with van der Waals surface area (Å²) in [7, 11) is 3.33. The number of rotatable bonds is 8. The number of pyridine rings is 1. The molecule has 1 aromatic heterocycles. The van der Waals surface area contributed by atoms with Crippen LogP contribution in [0, 0.1) is 6.92 Å². The summed E-state index contributed by atoms with van der Waals surface area (Å²) in [5, 5.41) is 2.96. The van der Waals surface area contributed by atoms with E-state index in [1.54, 1.807) is 20.3 Å². The van der Waals surface area contributed by atoms with Crippen molar-refractivity contribution in [3.05, 3.63) is 88.7 Å². The highest BCUT2D eigenvalue weighted by molar-refractivity contribution is 5.92. The van der Waals surface area contributed by atoms with Gasteiger partial charge in [-0.05, 0) is 79.7 Å². The molecule has 1 saturated heterocycles. The molecule has 1 aliphatic rings. The van der Waals surface area contributed by atoms with Gasteiger partial charge in [0.1, 0.15) is 5.69 Å². The number of hydrogen-bond donors (Lipinski definition) is 1. The van der Waals surface area contributed by atoms with Crippen molar-refractivity contribution in [2.75, 3.05) is 27.3 Å². The molecule has 1 aliphatic heterocycles. The Morgan fingerprint density at radius 3 is 2.35 bits per heavy atom. The van der Waals surface area contributed by atoms with Gasteiger partial charge in [-0.2, -0.15) is 0 Å². The van der Waals surface area contributed by atoms with E-state index in [0.29, 0.717) is 18.2 Å². The molecule has 0 bridgehead atoms. The van der Waals surface area contributed by atoms with E-state index in [1.165, 1.54) is 11.1 Å². The number of methoxy groups -OCH3 is 2. The Hall–Kier alpha value is -3.38. The monoisotopic (exact) mass is 459 g/mol. The summed E-state index contributed by atoms with van der Waals surface area (Å²) in [6.45, 7) is 5.44. The van der Waals surface area contributed by atoms with E-state index in [4.69, 9.17) is 9.47 Å². The van der Waals surface area contributed by atoms with Crippen molar-refractivity contribution < 1.29 is 14.3 Å². The zero-order valence-corrected chi connectivity index (χ0v) is 20.2. The Balaban J connectivity index is 1.26. The highest BCUT2D eigenvalue weighted by Crippen LogP contribution is 2.31. The third-order valence-electron chi connectivity index (χ3n) is 6.47. The number of likely N-dealkylation sites (tertiary alicyclic amines) is 1. The molecule has 4 rings (SSSR count). The fraction of sp³-hybridized carbons (Fsp3) is 0.357. The van der Waals surface area contributed by atoms with Crippen LogP contribution in [0.2, 0.25) is 0 Å². The highest BCUT2D eigenvalue weighted by Gasteiger charge is 2.21. The first-order chi connectivity index (χ1) is 16.6. The molecule has 6 nitrogen and oxygen atoms in total. The van der Waals surface area contributed by atoms with Crippen molar-refractivity contribution in [2.24, 2.45) is 0 Å². The second-order valence-electron chi connectivity index (χ2n) is 8.83. The van der Waals surface area contributed by atoms with E-state index >= 15 is 0 Å². The predicted molar refractivity (Wildman–Crippen MR) is 133 cm³/mol. The van der Waals surface area contributed by atoms with E-state index in [0.717, 1.165) is 55.2 Å². The van der Waals surface area contributed by atoms with E-state index in [-0.39, 0.29) is 5.91 Å². The average Bonchev–Trinajstić information content (AvgIpc) is 2.88. The second-order valence-corrected chi connectivity index (χ2v) is 8.83. The zero-order chi connectivity index (χ0) is 23.9. The molecule has 1 amide bonds. The fourth-order valence-electron chi connectivity index (χ4n) is 4.51. The van der Waals surface area contributed by atoms with Gasteiger partial charge in [0.15, 0.2) is 11.5 Å². The number of carbonyl (C=O) groups excluding carboxylic acids is 1. The molecule has 0 spiro atoms.